The van der Waals surface area contributed by atoms with Gasteiger partial charge in [0, 0.05) is 79.5 Å². The maximum absolute atomic E-state index is 15.3. The number of piperidine rings is 2. The SMILES string of the molecule is COc1ccc(C(=O)N2CCC3(CCN(Cc4ccc(-c5cc6c(-c7cc(F)cc(NC(=O)N8C[C@@H](CC(C)C)[C@@H](O)C8)c7C)ncnc6[nH]5)cc4)CC3)CC2)cc1N1CCC(=O)NC1=O. The minimum absolute atomic E-state index is 0.00762. The number of urea groups is 2. The van der Waals surface area contributed by atoms with Crippen molar-refractivity contribution in [3.05, 3.63) is 89.5 Å². The molecule has 4 fully saturated rings. The number of amides is 6. The second-order valence-corrected chi connectivity index (χ2v) is 19.0. The molecule has 5 aromatic rings. The minimum Gasteiger partial charge on any atom is -0.495 e. The van der Waals surface area contributed by atoms with Crippen molar-refractivity contribution < 1.29 is 33.4 Å². The van der Waals surface area contributed by atoms with Crippen molar-refractivity contribution >= 4 is 46.3 Å². The average molecular weight is 900 g/mol. The van der Waals surface area contributed by atoms with Crippen LogP contribution in [-0.2, 0) is 11.3 Å². The number of aliphatic hydroxyl groups is 1. The number of rotatable bonds is 10. The van der Waals surface area contributed by atoms with E-state index in [1.165, 1.54) is 36.0 Å². The van der Waals surface area contributed by atoms with Gasteiger partial charge in [0.05, 0.1) is 24.6 Å². The number of anilines is 2. The van der Waals surface area contributed by atoms with E-state index < -0.39 is 18.0 Å². The summed E-state index contributed by atoms with van der Waals surface area (Å²) < 4.78 is 20.7. The fourth-order valence-corrected chi connectivity index (χ4v) is 10.3. The predicted octanol–water partition coefficient (Wildman–Crippen LogP) is 7.58. The zero-order valence-corrected chi connectivity index (χ0v) is 38.0. The highest BCUT2D eigenvalue weighted by atomic mass is 19.1. The molecular formula is C50H58FN9O6. The van der Waals surface area contributed by atoms with Crippen molar-refractivity contribution in [1.82, 2.24) is 35.0 Å². The number of carbonyl (C=O) groups excluding carboxylic acids is 4. The lowest BCUT2D eigenvalue weighted by atomic mass is 9.71. The lowest BCUT2D eigenvalue weighted by Crippen LogP contribution is -2.50. The molecule has 66 heavy (non-hydrogen) atoms. The summed E-state index contributed by atoms with van der Waals surface area (Å²) in [6, 6.07) is 17.5. The van der Waals surface area contributed by atoms with E-state index >= 15 is 4.39 Å². The molecule has 6 heterocycles. The third-order valence-corrected chi connectivity index (χ3v) is 14.2. The molecule has 346 valence electrons. The zero-order valence-electron chi connectivity index (χ0n) is 38.0. The van der Waals surface area contributed by atoms with Crippen LogP contribution in [0.3, 0.4) is 0 Å². The maximum Gasteiger partial charge on any atom is 0.328 e. The number of methoxy groups -OCH3 is 1. The van der Waals surface area contributed by atoms with E-state index in [1.54, 1.807) is 23.1 Å². The number of hydrogen-bond donors (Lipinski definition) is 4. The maximum atomic E-state index is 15.3. The molecule has 2 aromatic heterocycles. The first-order valence-electron chi connectivity index (χ1n) is 23.0. The number of imide groups is 1. The second kappa shape index (κ2) is 18.5. The second-order valence-electron chi connectivity index (χ2n) is 19.0. The third-order valence-electron chi connectivity index (χ3n) is 14.2. The number of β-amino-alcohol motifs (C(OH)–C–C–N with tert-alkyl or cyclic N) is 1. The van der Waals surface area contributed by atoms with Crippen LogP contribution in [0.15, 0.2) is 67.0 Å². The molecule has 3 aromatic carbocycles. The Morgan fingerprint density at radius 3 is 2.39 bits per heavy atom. The molecule has 1 spiro atoms. The van der Waals surface area contributed by atoms with Crippen LogP contribution in [0.1, 0.15) is 73.9 Å². The van der Waals surface area contributed by atoms with Crippen molar-refractivity contribution in [1.29, 1.82) is 0 Å². The van der Waals surface area contributed by atoms with Gasteiger partial charge in [0.25, 0.3) is 5.91 Å². The molecule has 4 saturated heterocycles. The molecule has 0 saturated carbocycles. The highest BCUT2D eigenvalue weighted by molar-refractivity contribution is 6.07. The van der Waals surface area contributed by atoms with Gasteiger partial charge in [0.1, 0.15) is 23.5 Å². The van der Waals surface area contributed by atoms with Gasteiger partial charge in [0.15, 0.2) is 0 Å². The van der Waals surface area contributed by atoms with Gasteiger partial charge in [-0.1, -0.05) is 38.1 Å². The molecule has 0 bridgehead atoms. The summed E-state index contributed by atoms with van der Waals surface area (Å²) in [6.07, 6.45) is 5.89. The molecule has 4 N–H and O–H groups in total. The number of nitrogens with zero attached hydrogens (tertiary/aromatic N) is 6. The van der Waals surface area contributed by atoms with Crippen molar-refractivity contribution in [2.24, 2.45) is 17.3 Å². The quantitative estimate of drug-likeness (QED) is 0.110. The number of halogens is 1. The van der Waals surface area contributed by atoms with Gasteiger partial charge in [-0.2, -0.15) is 0 Å². The van der Waals surface area contributed by atoms with Crippen molar-refractivity contribution in [3.63, 3.8) is 0 Å². The number of benzene rings is 3. The Kier molecular flexibility index (Phi) is 12.5. The van der Waals surface area contributed by atoms with Crippen LogP contribution in [-0.4, -0.2) is 118 Å². The number of hydrogen-bond acceptors (Lipinski definition) is 9. The number of likely N-dealkylation sites (tertiary alicyclic amines) is 3. The largest absolute Gasteiger partial charge is 0.495 e. The van der Waals surface area contributed by atoms with Gasteiger partial charge in [0.2, 0.25) is 5.91 Å². The van der Waals surface area contributed by atoms with Gasteiger partial charge in [-0.15, -0.1) is 0 Å². The molecule has 0 unspecified atom stereocenters. The van der Waals surface area contributed by atoms with Gasteiger partial charge >= 0.3 is 12.1 Å². The zero-order chi connectivity index (χ0) is 46.3. The normalized spacial score (nSPS) is 20.1. The van der Waals surface area contributed by atoms with Crippen LogP contribution in [0.5, 0.6) is 5.75 Å². The van der Waals surface area contributed by atoms with Crippen molar-refractivity contribution in [2.75, 3.05) is 63.1 Å². The number of aromatic nitrogens is 3. The summed E-state index contributed by atoms with van der Waals surface area (Å²) in [6.45, 7) is 11.1. The topological polar surface area (TPSA) is 176 Å². The average Bonchev–Trinajstić information content (AvgIpc) is 3.91. The van der Waals surface area contributed by atoms with Gasteiger partial charge in [-0.25, -0.2) is 23.9 Å². The number of nitrogens with one attached hydrogen (secondary N) is 3. The molecule has 16 heteroatoms. The minimum atomic E-state index is -0.587. The standard InChI is InChI=1S/C50H58FN9O6/c1-30(2)21-35-27-59(28-42(35)61)48(64)55-39-24-36(51)23-37(31(39)3)45-38-25-40(54-46(38)53-29-52-45)33-7-5-32(6-8-33)26-57-17-12-50(13-18-57)14-19-58(20-15-50)47(63)34-9-10-43(66-4)41(22-34)60-16-11-44(62)56-49(60)65/h5-10,22-25,29-30,35,42,61H,11-21,26-28H2,1-4H3,(H,55,64)(H,52,53,54)(H,56,62,65)/t35-,42+/m1/s1. The molecule has 6 amide bonds. The van der Waals surface area contributed by atoms with E-state index in [2.05, 4.69) is 68.6 Å². The smallest absolute Gasteiger partial charge is 0.328 e. The number of carbonyl (C=O) groups is 4. The van der Waals surface area contributed by atoms with Crippen LogP contribution in [0.25, 0.3) is 33.5 Å². The van der Waals surface area contributed by atoms with Crippen LogP contribution < -0.4 is 20.3 Å². The molecule has 15 nitrogen and oxygen atoms in total. The van der Waals surface area contributed by atoms with E-state index in [4.69, 9.17) is 4.74 Å². The fourth-order valence-electron chi connectivity index (χ4n) is 10.3. The molecular weight excluding hydrogens is 842 g/mol. The number of aromatic amines is 1. The molecule has 4 aliphatic heterocycles. The summed E-state index contributed by atoms with van der Waals surface area (Å²) in [4.78, 5) is 71.4. The first-order valence-corrected chi connectivity index (χ1v) is 23.0. The van der Waals surface area contributed by atoms with Gasteiger partial charge < -0.3 is 29.9 Å². The Morgan fingerprint density at radius 2 is 1.68 bits per heavy atom. The highest BCUT2D eigenvalue weighted by Crippen LogP contribution is 2.42. The van der Waals surface area contributed by atoms with Crippen LogP contribution >= 0.6 is 0 Å². The van der Waals surface area contributed by atoms with Crippen LogP contribution in [0, 0.1) is 30.0 Å². The monoisotopic (exact) mass is 899 g/mol. The number of H-pyrrole nitrogens is 1. The fraction of sp³-hybridized carbons (Fsp3) is 0.440. The third kappa shape index (κ3) is 9.21. The lowest BCUT2D eigenvalue weighted by Gasteiger charge is -2.47. The molecule has 9 rings (SSSR count). The van der Waals surface area contributed by atoms with E-state index in [0.29, 0.717) is 70.7 Å². The van der Waals surface area contributed by atoms with Crippen molar-refractivity contribution in [3.8, 4) is 28.3 Å². The van der Waals surface area contributed by atoms with Crippen LogP contribution in [0.4, 0.5) is 25.4 Å². The van der Waals surface area contributed by atoms with Crippen LogP contribution in [0.2, 0.25) is 0 Å². The van der Waals surface area contributed by atoms with E-state index in [0.717, 1.165) is 68.4 Å². The number of aliphatic hydroxyl groups excluding tert-OH is 1. The summed E-state index contributed by atoms with van der Waals surface area (Å²) in [5.74, 6) is -0.0243. The van der Waals surface area contributed by atoms with E-state index in [1.807, 2.05) is 17.9 Å². The first-order chi connectivity index (χ1) is 31.8. The summed E-state index contributed by atoms with van der Waals surface area (Å²) in [5, 5.41) is 16.6. The van der Waals surface area contributed by atoms with Crippen molar-refractivity contribution in [2.45, 2.75) is 71.9 Å². The molecule has 0 radical (unpaired) electrons. The Bertz CT molecular complexity index is 2650. The molecule has 4 aliphatic rings. The molecule has 2 atom stereocenters. The Hall–Kier alpha value is -6.39. The number of ether oxygens (including phenoxy) is 1. The first kappa shape index (κ1) is 44.8. The van der Waals surface area contributed by atoms with E-state index in [9.17, 15) is 24.3 Å². The van der Waals surface area contributed by atoms with Gasteiger partial charge in [-0.05, 0) is 117 Å². The summed E-state index contributed by atoms with van der Waals surface area (Å²) in [5.41, 5.74) is 6.95. The Morgan fingerprint density at radius 1 is 0.939 bits per heavy atom. The Balaban J connectivity index is 0.804. The lowest BCUT2D eigenvalue weighted by molar-refractivity contribution is -0.120. The Labute approximate surface area is 383 Å². The highest BCUT2D eigenvalue weighted by Gasteiger charge is 2.39. The summed E-state index contributed by atoms with van der Waals surface area (Å²) >= 11 is 0. The molecule has 0 aliphatic carbocycles. The van der Waals surface area contributed by atoms with Gasteiger partial charge in [-0.3, -0.25) is 24.7 Å². The van der Waals surface area contributed by atoms with E-state index in [-0.39, 0.29) is 48.7 Å². The summed E-state index contributed by atoms with van der Waals surface area (Å²) in [7, 11) is 1.52. The number of fused-ring (bicyclic) bond motifs is 1. The predicted molar refractivity (Wildman–Crippen MR) is 250 cm³/mol.